The van der Waals surface area contributed by atoms with Crippen molar-refractivity contribution in [1.29, 1.82) is 0 Å². The van der Waals surface area contributed by atoms with E-state index in [9.17, 15) is 4.48 Å². The van der Waals surface area contributed by atoms with E-state index >= 15 is 0 Å². The summed E-state index contributed by atoms with van der Waals surface area (Å²) < 4.78 is 11.8. The predicted molar refractivity (Wildman–Crippen MR) is 31.8 cm³/mol. The topological polar surface area (TPSA) is 23.5 Å². The molecule has 0 aromatic heterocycles. The van der Waals surface area contributed by atoms with Gasteiger partial charge in [-0.2, -0.15) is 0 Å². The maximum Gasteiger partial charge on any atom is 0.0997 e. The molecule has 2 nitrogen and oxygen atoms in total. The van der Waals surface area contributed by atoms with E-state index in [1.807, 2.05) is 0 Å². The van der Waals surface area contributed by atoms with Gasteiger partial charge in [-0.1, -0.05) is 28.0 Å². The van der Waals surface area contributed by atoms with E-state index in [4.69, 9.17) is 5.21 Å². The molecule has 0 atom stereocenters. The van der Waals surface area contributed by atoms with Crippen molar-refractivity contribution >= 4 is 5.69 Å². The van der Waals surface area contributed by atoms with Crippen molar-refractivity contribution in [1.82, 2.24) is 0 Å². The van der Waals surface area contributed by atoms with Crippen molar-refractivity contribution in [2.24, 2.45) is 0 Å². The van der Waals surface area contributed by atoms with Crippen LogP contribution < -0.4 is 5.29 Å². The lowest BCUT2D eigenvalue weighted by atomic mass is 10.3. The molecule has 48 valence electrons. The number of rotatable bonds is 1. The Labute approximate surface area is 52.0 Å². The number of halogens is 1. The van der Waals surface area contributed by atoms with E-state index < -0.39 is 5.29 Å². The van der Waals surface area contributed by atoms with E-state index in [0.717, 1.165) is 0 Å². The first-order valence-corrected chi connectivity index (χ1v) is 2.50. The van der Waals surface area contributed by atoms with Crippen molar-refractivity contribution in [3.05, 3.63) is 30.3 Å². The molecule has 3 heteroatoms. The first-order valence-electron chi connectivity index (χ1n) is 2.50. The third-order valence-electron chi connectivity index (χ3n) is 0.969. The minimum atomic E-state index is -0.417. The zero-order valence-corrected chi connectivity index (χ0v) is 4.66. The molecule has 0 aliphatic carbocycles. The van der Waals surface area contributed by atoms with Gasteiger partial charge < -0.3 is 0 Å². The van der Waals surface area contributed by atoms with E-state index in [1.54, 1.807) is 18.2 Å². The van der Waals surface area contributed by atoms with Gasteiger partial charge >= 0.3 is 0 Å². The smallest absolute Gasteiger partial charge is 0.0997 e. The Kier molecular flexibility index (Phi) is 1.65. The van der Waals surface area contributed by atoms with Crippen LogP contribution in [0.1, 0.15) is 0 Å². The second-order valence-corrected chi connectivity index (χ2v) is 1.60. The van der Waals surface area contributed by atoms with Crippen LogP contribution in [0.3, 0.4) is 0 Å². The van der Waals surface area contributed by atoms with Gasteiger partial charge in [0.15, 0.2) is 0 Å². The number of anilines is 1. The maximum absolute atomic E-state index is 11.8. The molecule has 0 saturated heterocycles. The third kappa shape index (κ3) is 1.40. The predicted octanol–water partition coefficient (Wildman–Crippen LogP) is 1.77. The minimum absolute atomic E-state index is 0.137. The molecule has 0 aliphatic heterocycles. The highest BCUT2D eigenvalue weighted by atomic mass is 19.2. The highest BCUT2D eigenvalue weighted by Crippen LogP contribution is 2.09. The number of nitrogens with zero attached hydrogens (tertiary/aromatic N) is 1. The molecule has 1 aromatic rings. The molecular formula is C6H6FNO. The van der Waals surface area contributed by atoms with Gasteiger partial charge in [-0.3, -0.25) is 5.21 Å². The molecule has 0 aliphatic rings. The number of para-hydroxylation sites is 1. The Morgan fingerprint density at radius 2 is 1.78 bits per heavy atom. The molecule has 0 amide bonds. The summed E-state index contributed by atoms with van der Waals surface area (Å²) >= 11 is 0. The summed E-state index contributed by atoms with van der Waals surface area (Å²) in [4.78, 5) is 0. The molecule has 0 fully saturated rings. The molecule has 1 rings (SSSR count). The summed E-state index contributed by atoms with van der Waals surface area (Å²) in [5.41, 5.74) is 0.137. The average Bonchev–Trinajstić information content (AvgIpc) is 1.90. The van der Waals surface area contributed by atoms with E-state index in [1.165, 1.54) is 12.1 Å². The summed E-state index contributed by atoms with van der Waals surface area (Å²) in [6.07, 6.45) is 0. The highest BCUT2D eigenvalue weighted by molar-refractivity contribution is 5.40. The molecule has 0 spiro atoms. The van der Waals surface area contributed by atoms with Crippen LogP contribution in [0.4, 0.5) is 10.2 Å². The average molecular weight is 127 g/mol. The second kappa shape index (κ2) is 2.46. The number of benzene rings is 1. The minimum Gasteiger partial charge on any atom is -0.260 e. The summed E-state index contributed by atoms with van der Waals surface area (Å²) in [6, 6.07) is 7.93. The first-order chi connectivity index (χ1) is 4.30. The molecule has 0 unspecified atom stereocenters. The fraction of sp³-hybridized carbons (Fsp3) is 0. The van der Waals surface area contributed by atoms with Crippen molar-refractivity contribution in [2.75, 3.05) is 5.29 Å². The zero-order chi connectivity index (χ0) is 6.69. The van der Waals surface area contributed by atoms with Crippen LogP contribution in [0, 0.1) is 0 Å². The Morgan fingerprint density at radius 1 is 1.22 bits per heavy atom. The van der Waals surface area contributed by atoms with Crippen LogP contribution in [0.25, 0.3) is 0 Å². The molecule has 0 bridgehead atoms. The van der Waals surface area contributed by atoms with Gasteiger partial charge in [-0.15, -0.1) is 0 Å². The Hall–Kier alpha value is -1.09. The summed E-state index contributed by atoms with van der Waals surface area (Å²) in [5, 5.41) is 7.77. The monoisotopic (exact) mass is 127 g/mol. The third-order valence-corrected chi connectivity index (χ3v) is 0.969. The van der Waals surface area contributed by atoms with Crippen LogP contribution >= 0.6 is 0 Å². The fourth-order valence-corrected chi connectivity index (χ4v) is 0.551. The van der Waals surface area contributed by atoms with Crippen LogP contribution in [0.15, 0.2) is 30.3 Å². The van der Waals surface area contributed by atoms with Gasteiger partial charge in [-0.25, -0.2) is 0 Å². The highest BCUT2D eigenvalue weighted by Gasteiger charge is 1.94. The molecule has 0 radical (unpaired) electrons. The van der Waals surface area contributed by atoms with Crippen molar-refractivity contribution in [3.63, 3.8) is 0 Å². The lowest BCUT2D eigenvalue weighted by Gasteiger charge is -2.01. The first kappa shape index (κ1) is 6.04. The van der Waals surface area contributed by atoms with E-state index in [2.05, 4.69) is 0 Å². The SMILES string of the molecule is ON(F)c1ccccc1. The van der Waals surface area contributed by atoms with Gasteiger partial charge in [0.25, 0.3) is 0 Å². The van der Waals surface area contributed by atoms with Crippen LogP contribution in [-0.4, -0.2) is 5.21 Å². The number of hydrogen-bond acceptors (Lipinski definition) is 2. The summed E-state index contributed by atoms with van der Waals surface area (Å²) in [5.74, 6) is 0. The largest absolute Gasteiger partial charge is 0.260 e. The van der Waals surface area contributed by atoms with Gasteiger partial charge in [0.05, 0.1) is 5.69 Å². The maximum atomic E-state index is 11.8. The number of hydrogen-bond donors (Lipinski definition) is 1. The van der Waals surface area contributed by atoms with Crippen molar-refractivity contribution in [2.45, 2.75) is 0 Å². The second-order valence-electron chi connectivity index (χ2n) is 1.60. The van der Waals surface area contributed by atoms with Crippen molar-refractivity contribution < 1.29 is 9.69 Å². The van der Waals surface area contributed by atoms with Crippen molar-refractivity contribution in [3.8, 4) is 0 Å². The molecule has 1 aromatic carbocycles. The Morgan fingerprint density at radius 3 is 2.11 bits per heavy atom. The molecule has 0 saturated carbocycles. The molecule has 1 N–H and O–H groups in total. The standard InChI is InChI=1S/C6H6FNO/c7-8(9)6-4-2-1-3-5-6/h1-5,9H. The van der Waals surface area contributed by atoms with Gasteiger partial charge in [-0.05, 0) is 12.1 Å². The normalized spacial score (nSPS) is 9.11. The Balaban J connectivity index is 2.85. The van der Waals surface area contributed by atoms with Gasteiger partial charge in [0.2, 0.25) is 0 Å². The summed E-state index contributed by atoms with van der Waals surface area (Å²) in [6.45, 7) is 0. The molecule has 9 heavy (non-hydrogen) atoms. The van der Waals surface area contributed by atoms with Gasteiger partial charge in [0.1, 0.15) is 0 Å². The lowest BCUT2D eigenvalue weighted by Crippen LogP contribution is -2.02. The molecular weight excluding hydrogens is 121 g/mol. The fourth-order valence-electron chi connectivity index (χ4n) is 0.551. The molecule has 0 heterocycles. The van der Waals surface area contributed by atoms with E-state index in [-0.39, 0.29) is 5.69 Å². The van der Waals surface area contributed by atoms with E-state index in [0.29, 0.717) is 0 Å². The van der Waals surface area contributed by atoms with Crippen LogP contribution in [0.2, 0.25) is 0 Å². The lowest BCUT2D eigenvalue weighted by molar-refractivity contribution is 0.116. The Bertz CT molecular complexity index is 176. The van der Waals surface area contributed by atoms with Crippen LogP contribution in [-0.2, 0) is 0 Å². The van der Waals surface area contributed by atoms with Gasteiger partial charge in [0, 0.05) is 0 Å². The van der Waals surface area contributed by atoms with Crippen LogP contribution in [0.5, 0.6) is 0 Å². The quantitative estimate of drug-likeness (QED) is 0.459. The summed E-state index contributed by atoms with van der Waals surface area (Å²) in [7, 11) is 0. The zero-order valence-electron chi connectivity index (χ0n) is 4.66.